The molecule has 1 unspecified atom stereocenters. The van der Waals surface area contributed by atoms with Gasteiger partial charge in [0.15, 0.2) is 5.16 Å². The fourth-order valence-corrected chi connectivity index (χ4v) is 3.11. The van der Waals surface area contributed by atoms with Crippen LogP contribution >= 0.6 is 11.8 Å². The second kappa shape index (κ2) is 5.05. The smallest absolute Gasteiger partial charge is 0.169 e. The third-order valence-electron chi connectivity index (χ3n) is 3.20. The number of benzene rings is 1. The molecule has 0 amide bonds. The number of fused-ring (bicyclic) bond motifs is 1. The minimum atomic E-state index is 0.360. The van der Waals surface area contributed by atoms with E-state index in [0.717, 1.165) is 10.7 Å². The molecule has 2 aromatic heterocycles. The molecule has 0 N–H and O–H groups in total. The maximum Gasteiger partial charge on any atom is 0.169 e. The summed E-state index contributed by atoms with van der Waals surface area (Å²) in [6, 6.07) is 12.3. The van der Waals surface area contributed by atoms with E-state index in [4.69, 9.17) is 0 Å². The van der Waals surface area contributed by atoms with E-state index in [1.54, 1.807) is 11.8 Å². The molecule has 0 bridgehead atoms. The van der Waals surface area contributed by atoms with Crippen LogP contribution in [0.25, 0.3) is 11.0 Å². The van der Waals surface area contributed by atoms with Crippen LogP contribution in [0.4, 0.5) is 0 Å². The van der Waals surface area contributed by atoms with Gasteiger partial charge in [0.05, 0.1) is 11.0 Å². The molecule has 1 aromatic carbocycles. The minimum absolute atomic E-state index is 0.360. The molecule has 0 aliphatic heterocycles. The van der Waals surface area contributed by atoms with Gasteiger partial charge in [-0.2, -0.15) is 0 Å². The molecule has 2 heterocycles. The summed E-state index contributed by atoms with van der Waals surface area (Å²) in [5.41, 5.74) is 3.49. The predicted molar refractivity (Wildman–Crippen MR) is 79.2 cm³/mol. The topological polar surface area (TPSA) is 30.7 Å². The van der Waals surface area contributed by atoms with Crippen molar-refractivity contribution in [1.82, 2.24) is 14.5 Å². The fourth-order valence-electron chi connectivity index (χ4n) is 2.09. The van der Waals surface area contributed by atoms with Crippen molar-refractivity contribution in [3.63, 3.8) is 0 Å². The van der Waals surface area contributed by atoms with Gasteiger partial charge in [-0.25, -0.2) is 4.98 Å². The van der Waals surface area contributed by atoms with Crippen LogP contribution in [0, 0.1) is 0 Å². The van der Waals surface area contributed by atoms with Crippen LogP contribution in [0.2, 0.25) is 0 Å². The van der Waals surface area contributed by atoms with Crippen LogP contribution in [-0.4, -0.2) is 14.5 Å². The van der Waals surface area contributed by atoms with E-state index in [2.05, 4.69) is 52.8 Å². The highest BCUT2D eigenvalue weighted by atomic mass is 32.2. The first-order valence-corrected chi connectivity index (χ1v) is 7.11. The van der Waals surface area contributed by atoms with Gasteiger partial charge in [0.25, 0.3) is 0 Å². The summed E-state index contributed by atoms with van der Waals surface area (Å²) in [4.78, 5) is 8.75. The lowest BCUT2D eigenvalue weighted by Gasteiger charge is -2.10. The van der Waals surface area contributed by atoms with Crippen LogP contribution in [0.5, 0.6) is 0 Å². The molecule has 3 aromatic rings. The van der Waals surface area contributed by atoms with Gasteiger partial charge in [-0.3, -0.25) is 4.98 Å². The molecule has 3 nitrogen and oxygen atoms in total. The van der Waals surface area contributed by atoms with E-state index in [1.165, 1.54) is 11.1 Å². The molecule has 1 atom stereocenters. The van der Waals surface area contributed by atoms with Crippen molar-refractivity contribution in [2.75, 3.05) is 0 Å². The van der Waals surface area contributed by atoms with Crippen molar-refractivity contribution in [3.05, 3.63) is 54.4 Å². The van der Waals surface area contributed by atoms with Gasteiger partial charge in [0.2, 0.25) is 0 Å². The zero-order valence-electron chi connectivity index (χ0n) is 10.9. The highest BCUT2D eigenvalue weighted by Crippen LogP contribution is 2.34. The number of thioether (sulfide) groups is 1. The Labute approximate surface area is 116 Å². The molecule has 19 heavy (non-hydrogen) atoms. The van der Waals surface area contributed by atoms with Gasteiger partial charge >= 0.3 is 0 Å². The van der Waals surface area contributed by atoms with E-state index in [9.17, 15) is 0 Å². The van der Waals surface area contributed by atoms with Crippen LogP contribution < -0.4 is 0 Å². The maximum atomic E-state index is 4.69. The summed E-state index contributed by atoms with van der Waals surface area (Å²) >= 11 is 1.77. The Morgan fingerprint density at radius 1 is 1.11 bits per heavy atom. The molecule has 96 valence electrons. The average molecular weight is 269 g/mol. The third kappa shape index (κ3) is 2.36. The Balaban J connectivity index is 1.91. The third-order valence-corrected chi connectivity index (χ3v) is 4.41. The van der Waals surface area contributed by atoms with E-state index < -0.39 is 0 Å². The lowest BCUT2D eigenvalue weighted by atomic mass is 10.2. The molecule has 0 radical (unpaired) electrons. The molecule has 0 aliphatic rings. The van der Waals surface area contributed by atoms with E-state index >= 15 is 0 Å². The second-order valence-corrected chi connectivity index (χ2v) is 5.79. The summed E-state index contributed by atoms with van der Waals surface area (Å²) in [7, 11) is 2.07. The zero-order valence-corrected chi connectivity index (χ0v) is 11.8. The predicted octanol–water partition coefficient (Wildman–Crippen LogP) is 3.82. The minimum Gasteiger partial charge on any atom is -0.322 e. The van der Waals surface area contributed by atoms with Gasteiger partial charge < -0.3 is 4.57 Å². The Morgan fingerprint density at radius 2 is 1.84 bits per heavy atom. The van der Waals surface area contributed by atoms with Crippen LogP contribution in [-0.2, 0) is 7.05 Å². The summed E-state index contributed by atoms with van der Waals surface area (Å²) in [6.45, 7) is 2.19. The summed E-state index contributed by atoms with van der Waals surface area (Å²) in [5.74, 6) is 0. The molecule has 0 fully saturated rings. The number of nitrogens with zero attached hydrogens (tertiary/aromatic N) is 3. The number of pyridine rings is 1. The van der Waals surface area contributed by atoms with E-state index in [-0.39, 0.29) is 0 Å². The van der Waals surface area contributed by atoms with Crippen molar-refractivity contribution < 1.29 is 0 Å². The van der Waals surface area contributed by atoms with Crippen molar-refractivity contribution in [2.24, 2.45) is 7.05 Å². The first kappa shape index (κ1) is 12.2. The first-order chi connectivity index (χ1) is 9.25. The Bertz CT molecular complexity index is 691. The van der Waals surface area contributed by atoms with Crippen LogP contribution in [0.3, 0.4) is 0 Å². The Morgan fingerprint density at radius 3 is 2.58 bits per heavy atom. The van der Waals surface area contributed by atoms with Gasteiger partial charge in [0.1, 0.15) is 0 Å². The number of aryl methyl sites for hydroxylation is 1. The van der Waals surface area contributed by atoms with Crippen molar-refractivity contribution in [2.45, 2.75) is 17.3 Å². The van der Waals surface area contributed by atoms with E-state index in [1.807, 2.05) is 24.5 Å². The number of hydrogen-bond donors (Lipinski definition) is 0. The SMILES string of the molecule is CC(Sc1nc2ccccc2n1C)c1ccncc1. The highest BCUT2D eigenvalue weighted by Gasteiger charge is 2.13. The number of rotatable bonds is 3. The van der Waals surface area contributed by atoms with Gasteiger partial charge in [-0.05, 0) is 36.8 Å². The Hall–Kier alpha value is -1.81. The van der Waals surface area contributed by atoms with Crippen molar-refractivity contribution in [3.8, 4) is 0 Å². The van der Waals surface area contributed by atoms with E-state index in [0.29, 0.717) is 5.25 Å². The van der Waals surface area contributed by atoms with Gasteiger partial charge in [-0.1, -0.05) is 23.9 Å². The molecular weight excluding hydrogens is 254 g/mol. The average Bonchev–Trinajstić information content (AvgIpc) is 2.77. The molecular formula is C15H15N3S. The lowest BCUT2D eigenvalue weighted by molar-refractivity contribution is 0.810. The summed E-state index contributed by atoms with van der Waals surface area (Å²) in [5, 5.41) is 1.41. The monoisotopic (exact) mass is 269 g/mol. The standard InChI is InChI=1S/C15H15N3S/c1-11(12-7-9-16-10-8-12)19-15-17-13-5-3-4-6-14(13)18(15)2/h3-11H,1-2H3. The molecule has 4 heteroatoms. The fraction of sp³-hybridized carbons (Fsp3) is 0.200. The molecule has 0 aliphatic carbocycles. The number of hydrogen-bond acceptors (Lipinski definition) is 3. The maximum absolute atomic E-state index is 4.69. The Kier molecular flexibility index (Phi) is 3.25. The number of aromatic nitrogens is 3. The second-order valence-electron chi connectivity index (χ2n) is 4.48. The zero-order chi connectivity index (χ0) is 13.2. The van der Waals surface area contributed by atoms with Crippen molar-refractivity contribution in [1.29, 1.82) is 0 Å². The summed E-state index contributed by atoms with van der Waals surface area (Å²) in [6.07, 6.45) is 3.67. The first-order valence-electron chi connectivity index (χ1n) is 6.24. The van der Waals surface area contributed by atoms with Crippen LogP contribution in [0.1, 0.15) is 17.7 Å². The largest absolute Gasteiger partial charge is 0.322 e. The quantitative estimate of drug-likeness (QED) is 0.677. The van der Waals surface area contributed by atoms with Crippen LogP contribution in [0.15, 0.2) is 53.9 Å². The van der Waals surface area contributed by atoms with Gasteiger partial charge in [-0.15, -0.1) is 0 Å². The number of imidazole rings is 1. The van der Waals surface area contributed by atoms with Crippen molar-refractivity contribution >= 4 is 22.8 Å². The molecule has 3 rings (SSSR count). The van der Waals surface area contributed by atoms with Gasteiger partial charge in [0, 0.05) is 24.7 Å². The number of para-hydroxylation sites is 2. The summed E-state index contributed by atoms with van der Waals surface area (Å²) < 4.78 is 2.15. The molecule has 0 saturated heterocycles. The normalized spacial score (nSPS) is 12.7. The molecule has 0 spiro atoms. The lowest BCUT2D eigenvalue weighted by Crippen LogP contribution is -1.94. The highest BCUT2D eigenvalue weighted by molar-refractivity contribution is 7.99. The molecule has 0 saturated carbocycles.